The Morgan fingerprint density at radius 1 is 0.400 bits per heavy atom. The fourth-order valence-corrected chi connectivity index (χ4v) is 9.28. The summed E-state index contributed by atoms with van der Waals surface area (Å²) in [5, 5.41) is 0. The first-order valence-electron chi connectivity index (χ1n) is 20.3. The highest BCUT2D eigenvalue weighted by Crippen LogP contribution is 2.63. The Morgan fingerprint density at radius 2 is 0.820 bits per heavy atom. The minimum Gasteiger partial charge on any atom is -0.310 e. The molecule has 1 heteroatoms. The number of anilines is 3. The van der Waals surface area contributed by atoms with Crippen molar-refractivity contribution in [3.8, 4) is 33.4 Å². The van der Waals surface area contributed by atoms with Gasteiger partial charge in [-0.3, -0.25) is 0 Å². The van der Waals surface area contributed by atoms with Gasteiger partial charge in [-0.15, -0.1) is 0 Å². The van der Waals surface area contributed by atoms with Gasteiger partial charge in [0, 0.05) is 30.7 Å². The summed E-state index contributed by atoms with van der Waals surface area (Å²) >= 11 is 0. The second-order valence-corrected chi connectivity index (χ2v) is 14.6. The summed E-state index contributed by atoms with van der Waals surface area (Å²) in [4.78, 5) is 2.31. The Hall–Kier alpha value is -5.66. The normalized spacial score (nSPS) is 17.1. The number of rotatable bonds is 3. The van der Waals surface area contributed by atoms with Gasteiger partial charge in [-0.2, -0.15) is 0 Å². The fraction of sp³-hybridized carbons (Fsp3) is 0.143. The Balaban J connectivity index is 1.26. The highest BCUT2D eigenvalue weighted by atomic mass is 15.1. The first kappa shape index (κ1) is 23.7. The van der Waals surface area contributed by atoms with E-state index in [1.165, 1.54) is 22.3 Å². The molecule has 0 saturated carbocycles. The standard InChI is InChI=1S/C49H39N/c1-30-14-18-33(19-15-30)50(34-20-24-38-36-10-6-8-12-42(36)48(4,5)44(38)28-34)35-21-25-41-37-11-7-9-13-43(37)49(47(41)29-35)45-26-31(2)16-22-39(45)40-23-17-32(3)27-46(40)49/h6-29H,1-5H3/i2D3,3D3. The maximum absolute atomic E-state index is 8.43. The molecule has 0 unspecified atom stereocenters. The molecule has 0 amide bonds. The van der Waals surface area contributed by atoms with Crippen molar-refractivity contribution in [2.45, 2.75) is 45.3 Å². The maximum atomic E-state index is 8.43. The number of benzene rings is 7. The monoisotopic (exact) mass is 647 g/mol. The number of hydrogen-bond donors (Lipinski definition) is 0. The summed E-state index contributed by atoms with van der Waals surface area (Å²) < 4.78 is 50.6. The summed E-state index contributed by atoms with van der Waals surface area (Å²) in [5.74, 6) is 0. The lowest BCUT2D eigenvalue weighted by Crippen LogP contribution is -2.26. The molecule has 50 heavy (non-hydrogen) atoms. The average Bonchev–Trinajstić information content (AvgIpc) is 3.73. The van der Waals surface area contributed by atoms with E-state index in [1.54, 1.807) is 12.1 Å². The predicted molar refractivity (Wildman–Crippen MR) is 209 cm³/mol. The third-order valence-corrected chi connectivity index (χ3v) is 11.5. The first-order chi connectivity index (χ1) is 26.7. The largest absolute Gasteiger partial charge is 0.310 e. The molecule has 3 aliphatic rings. The van der Waals surface area contributed by atoms with Gasteiger partial charge in [-0.25, -0.2) is 0 Å². The van der Waals surface area contributed by atoms with Crippen LogP contribution in [0.3, 0.4) is 0 Å². The van der Waals surface area contributed by atoms with E-state index in [4.69, 9.17) is 8.22 Å². The highest BCUT2D eigenvalue weighted by Gasteiger charge is 2.52. The minimum atomic E-state index is -2.33. The zero-order valence-electron chi connectivity index (χ0n) is 34.3. The van der Waals surface area contributed by atoms with Gasteiger partial charge in [0.15, 0.2) is 0 Å². The van der Waals surface area contributed by atoms with Gasteiger partial charge in [-0.05, 0) is 124 Å². The number of fused-ring (bicyclic) bond motifs is 13. The van der Waals surface area contributed by atoms with Crippen LogP contribution in [0, 0.1) is 20.6 Å². The smallest absolute Gasteiger partial charge is 0.0726 e. The predicted octanol–water partition coefficient (Wildman–Crippen LogP) is 12.7. The van der Waals surface area contributed by atoms with Gasteiger partial charge in [0.2, 0.25) is 0 Å². The van der Waals surface area contributed by atoms with E-state index in [2.05, 4.69) is 123 Å². The molecule has 0 aliphatic heterocycles. The van der Waals surface area contributed by atoms with E-state index in [9.17, 15) is 0 Å². The molecular formula is C49H39N. The molecule has 0 bridgehead atoms. The van der Waals surface area contributed by atoms with Crippen LogP contribution in [0.15, 0.2) is 146 Å². The second kappa shape index (κ2) is 10.2. The van der Waals surface area contributed by atoms with Crippen LogP contribution in [-0.2, 0) is 10.8 Å². The SMILES string of the molecule is [2H]C([2H])([2H])c1ccc2c(c1)C1(c3ccccc3-c3ccc(N(c4ccc(C)cc4)c4ccc5c(c4)C(C)(C)c4ccccc4-5)cc31)c1cc(C([2H])([2H])[2H])ccc1-2. The van der Waals surface area contributed by atoms with E-state index in [1.807, 2.05) is 36.4 Å². The summed E-state index contributed by atoms with van der Waals surface area (Å²) in [6.07, 6.45) is 0. The molecule has 3 aliphatic carbocycles. The molecule has 240 valence electrons. The molecule has 0 aromatic heterocycles. The van der Waals surface area contributed by atoms with Crippen LogP contribution in [0.4, 0.5) is 17.1 Å². The summed E-state index contributed by atoms with van der Waals surface area (Å²) in [7, 11) is 0. The van der Waals surface area contributed by atoms with Gasteiger partial charge in [0.1, 0.15) is 0 Å². The molecule has 0 fully saturated rings. The van der Waals surface area contributed by atoms with Crippen molar-refractivity contribution in [3.63, 3.8) is 0 Å². The first-order valence-corrected chi connectivity index (χ1v) is 17.3. The topological polar surface area (TPSA) is 3.24 Å². The molecule has 1 nitrogen and oxygen atoms in total. The zero-order chi connectivity index (χ0) is 38.9. The van der Waals surface area contributed by atoms with Crippen LogP contribution in [0.25, 0.3) is 33.4 Å². The number of aryl methyl sites for hydroxylation is 3. The second-order valence-electron chi connectivity index (χ2n) is 14.6. The average molecular weight is 648 g/mol. The van der Waals surface area contributed by atoms with Crippen LogP contribution >= 0.6 is 0 Å². The third-order valence-electron chi connectivity index (χ3n) is 11.5. The number of hydrogen-bond acceptors (Lipinski definition) is 1. The van der Waals surface area contributed by atoms with E-state index in [0.717, 1.165) is 67.1 Å². The minimum absolute atomic E-state index is 0.192. The molecule has 0 radical (unpaired) electrons. The van der Waals surface area contributed by atoms with Crippen LogP contribution in [0.2, 0.25) is 0 Å². The lowest BCUT2D eigenvalue weighted by Gasteiger charge is -2.33. The summed E-state index contributed by atoms with van der Waals surface area (Å²) in [6, 6.07) is 49.9. The fourth-order valence-electron chi connectivity index (χ4n) is 9.28. The van der Waals surface area contributed by atoms with Crippen molar-refractivity contribution >= 4 is 17.1 Å². The van der Waals surface area contributed by atoms with Gasteiger partial charge in [-0.1, -0.05) is 140 Å². The molecule has 7 aromatic carbocycles. The molecule has 0 heterocycles. The van der Waals surface area contributed by atoms with Crippen LogP contribution in [0.1, 0.15) is 72.1 Å². The lowest BCUT2D eigenvalue weighted by molar-refractivity contribution is 0.660. The molecular weight excluding hydrogens is 603 g/mol. The molecule has 0 N–H and O–H groups in total. The van der Waals surface area contributed by atoms with Crippen LogP contribution in [-0.4, -0.2) is 0 Å². The van der Waals surface area contributed by atoms with E-state index < -0.39 is 19.1 Å². The summed E-state index contributed by atoms with van der Waals surface area (Å²) in [5.41, 5.74) is 16.2. The molecule has 0 saturated heterocycles. The highest BCUT2D eigenvalue weighted by molar-refractivity contribution is 5.97. The van der Waals surface area contributed by atoms with Gasteiger partial charge >= 0.3 is 0 Å². The Kier molecular flexibility index (Phi) is 4.82. The lowest BCUT2D eigenvalue weighted by atomic mass is 9.70. The number of nitrogens with zero attached hydrogens (tertiary/aromatic N) is 1. The van der Waals surface area contributed by atoms with E-state index in [0.29, 0.717) is 0 Å². The van der Waals surface area contributed by atoms with Gasteiger partial charge in [0.25, 0.3) is 0 Å². The van der Waals surface area contributed by atoms with Crippen LogP contribution in [0.5, 0.6) is 0 Å². The van der Waals surface area contributed by atoms with E-state index >= 15 is 0 Å². The molecule has 7 aromatic rings. The van der Waals surface area contributed by atoms with E-state index in [-0.39, 0.29) is 16.5 Å². The molecule has 0 atom stereocenters. The van der Waals surface area contributed by atoms with Gasteiger partial charge in [0.05, 0.1) is 5.41 Å². The maximum Gasteiger partial charge on any atom is 0.0726 e. The third kappa shape index (κ3) is 3.78. The van der Waals surface area contributed by atoms with Crippen LogP contribution < -0.4 is 4.90 Å². The Bertz CT molecular complexity index is 2710. The van der Waals surface area contributed by atoms with Crippen molar-refractivity contribution < 1.29 is 8.22 Å². The molecule has 1 spiro atoms. The van der Waals surface area contributed by atoms with Crippen molar-refractivity contribution in [2.24, 2.45) is 0 Å². The van der Waals surface area contributed by atoms with Crippen molar-refractivity contribution in [1.82, 2.24) is 0 Å². The van der Waals surface area contributed by atoms with Gasteiger partial charge < -0.3 is 4.90 Å². The van der Waals surface area contributed by atoms with Crippen molar-refractivity contribution in [1.29, 1.82) is 0 Å². The Labute approximate surface area is 304 Å². The quantitative estimate of drug-likeness (QED) is 0.184. The molecule has 10 rings (SSSR count). The summed E-state index contributed by atoms with van der Waals surface area (Å²) in [6.45, 7) is 2.02. The zero-order valence-corrected chi connectivity index (χ0v) is 28.3. The van der Waals surface area contributed by atoms with Crippen molar-refractivity contribution in [3.05, 3.63) is 196 Å². The van der Waals surface area contributed by atoms with Crippen molar-refractivity contribution in [2.75, 3.05) is 4.90 Å². The Morgan fingerprint density at radius 3 is 1.42 bits per heavy atom.